The molecule has 2 atom stereocenters. The van der Waals surface area contributed by atoms with Crippen molar-refractivity contribution in [3.8, 4) is 0 Å². The Morgan fingerprint density at radius 2 is 2.00 bits per heavy atom. The van der Waals surface area contributed by atoms with E-state index in [9.17, 15) is 4.79 Å². The van der Waals surface area contributed by atoms with Crippen molar-refractivity contribution in [2.24, 2.45) is 11.8 Å². The molecule has 0 spiro atoms. The Bertz CT molecular complexity index is 340. The van der Waals surface area contributed by atoms with Crippen LogP contribution in [0.3, 0.4) is 0 Å². The number of likely N-dealkylation sites (tertiary alicyclic amines) is 1. The van der Waals surface area contributed by atoms with Crippen LogP contribution in [-0.4, -0.2) is 74.4 Å². The van der Waals surface area contributed by atoms with E-state index in [2.05, 4.69) is 11.8 Å². The first-order chi connectivity index (χ1) is 9.74. The maximum atomic E-state index is 12.2. The number of hydrogen-bond acceptors (Lipinski definition) is 4. The molecule has 3 aliphatic rings. The molecule has 3 rings (SSSR count). The molecule has 0 radical (unpaired) electrons. The van der Waals surface area contributed by atoms with Gasteiger partial charge in [-0.1, -0.05) is 6.92 Å². The summed E-state index contributed by atoms with van der Waals surface area (Å²) in [4.78, 5) is 16.6. The van der Waals surface area contributed by atoms with Gasteiger partial charge in [0.1, 0.15) is 6.61 Å². The number of nitrogens with zero attached hydrogens (tertiary/aromatic N) is 2. The van der Waals surface area contributed by atoms with Crippen LogP contribution in [0.4, 0.5) is 0 Å². The summed E-state index contributed by atoms with van der Waals surface area (Å²) in [5.74, 6) is 1.43. The molecule has 0 bridgehead atoms. The lowest BCUT2D eigenvalue weighted by Crippen LogP contribution is -2.47. The molecular formula is C15H26N2O3. The lowest BCUT2D eigenvalue weighted by atomic mass is 10.0. The summed E-state index contributed by atoms with van der Waals surface area (Å²) in [5, 5.41) is 0. The van der Waals surface area contributed by atoms with Gasteiger partial charge < -0.3 is 14.4 Å². The standard InChI is InChI=1S/C15H26N2O3/c1-12-8-17(15(18)11-20-10-13-2-3-13)9-14(12)16-4-6-19-7-5-16/h12-14H,2-11H2,1H3/t12-,14+/m1/s1. The first-order valence-electron chi connectivity index (χ1n) is 7.91. The smallest absolute Gasteiger partial charge is 0.248 e. The highest BCUT2D eigenvalue weighted by Gasteiger charge is 2.36. The van der Waals surface area contributed by atoms with Crippen molar-refractivity contribution in [1.82, 2.24) is 9.80 Å². The second-order valence-electron chi connectivity index (χ2n) is 6.45. The fourth-order valence-electron chi connectivity index (χ4n) is 3.23. The summed E-state index contributed by atoms with van der Waals surface area (Å²) < 4.78 is 10.9. The minimum absolute atomic E-state index is 0.160. The quantitative estimate of drug-likeness (QED) is 0.740. The van der Waals surface area contributed by atoms with Crippen LogP contribution in [-0.2, 0) is 14.3 Å². The summed E-state index contributed by atoms with van der Waals surface area (Å²) in [6.07, 6.45) is 2.54. The van der Waals surface area contributed by atoms with Crippen LogP contribution >= 0.6 is 0 Å². The molecule has 2 heterocycles. The van der Waals surface area contributed by atoms with Crippen molar-refractivity contribution in [1.29, 1.82) is 0 Å². The van der Waals surface area contributed by atoms with Crippen LogP contribution in [0.5, 0.6) is 0 Å². The van der Waals surface area contributed by atoms with Gasteiger partial charge in [-0.2, -0.15) is 0 Å². The Morgan fingerprint density at radius 3 is 2.70 bits per heavy atom. The third-order valence-corrected chi connectivity index (χ3v) is 4.72. The second kappa shape index (κ2) is 6.41. The van der Waals surface area contributed by atoms with Crippen LogP contribution in [0.1, 0.15) is 19.8 Å². The topological polar surface area (TPSA) is 42.0 Å². The number of rotatable bonds is 5. The maximum Gasteiger partial charge on any atom is 0.248 e. The number of hydrogen-bond donors (Lipinski definition) is 0. The molecule has 3 fully saturated rings. The van der Waals surface area contributed by atoms with Gasteiger partial charge in [-0.3, -0.25) is 9.69 Å². The first kappa shape index (κ1) is 14.3. The van der Waals surface area contributed by atoms with Gasteiger partial charge in [-0.05, 0) is 24.7 Å². The third kappa shape index (κ3) is 3.51. The largest absolute Gasteiger partial charge is 0.379 e. The van der Waals surface area contributed by atoms with Crippen molar-refractivity contribution >= 4 is 5.91 Å². The van der Waals surface area contributed by atoms with Gasteiger partial charge in [0.25, 0.3) is 0 Å². The molecule has 1 saturated carbocycles. The van der Waals surface area contributed by atoms with Gasteiger partial charge in [-0.15, -0.1) is 0 Å². The van der Waals surface area contributed by atoms with Crippen LogP contribution < -0.4 is 0 Å². The molecule has 0 aromatic heterocycles. The SMILES string of the molecule is C[C@@H]1CN(C(=O)COCC2CC2)C[C@@H]1N1CCOCC1. The molecule has 2 saturated heterocycles. The Balaban J connectivity index is 1.44. The van der Waals surface area contributed by atoms with Crippen molar-refractivity contribution < 1.29 is 14.3 Å². The lowest BCUT2D eigenvalue weighted by Gasteiger charge is -2.33. The molecule has 1 amide bonds. The van der Waals surface area contributed by atoms with E-state index >= 15 is 0 Å². The van der Waals surface area contributed by atoms with Gasteiger partial charge in [0.15, 0.2) is 0 Å². The fraction of sp³-hybridized carbons (Fsp3) is 0.933. The second-order valence-corrected chi connectivity index (χ2v) is 6.45. The number of carbonyl (C=O) groups is 1. The number of carbonyl (C=O) groups excluding carboxylic acids is 1. The van der Waals surface area contributed by atoms with Crippen molar-refractivity contribution in [3.63, 3.8) is 0 Å². The molecule has 2 aliphatic heterocycles. The Labute approximate surface area is 121 Å². The Morgan fingerprint density at radius 1 is 1.25 bits per heavy atom. The lowest BCUT2D eigenvalue weighted by molar-refractivity contribution is -0.135. The van der Waals surface area contributed by atoms with Gasteiger partial charge in [0, 0.05) is 32.2 Å². The number of morpholine rings is 1. The highest BCUT2D eigenvalue weighted by atomic mass is 16.5. The van der Waals surface area contributed by atoms with E-state index in [0.717, 1.165) is 51.9 Å². The summed E-state index contributed by atoms with van der Waals surface area (Å²) in [6.45, 7) is 8.63. The molecule has 5 nitrogen and oxygen atoms in total. The molecule has 0 aromatic carbocycles. The predicted molar refractivity (Wildman–Crippen MR) is 75.5 cm³/mol. The molecular weight excluding hydrogens is 256 g/mol. The monoisotopic (exact) mass is 282 g/mol. The van der Waals surface area contributed by atoms with Crippen LogP contribution in [0, 0.1) is 11.8 Å². The first-order valence-corrected chi connectivity index (χ1v) is 7.91. The fourth-order valence-corrected chi connectivity index (χ4v) is 3.23. The average Bonchev–Trinajstić information content (AvgIpc) is 3.20. The van der Waals surface area contributed by atoms with E-state index < -0.39 is 0 Å². The molecule has 0 N–H and O–H groups in total. The summed E-state index contributed by atoms with van der Waals surface area (Å²) in [5.41, 5.74) is 0. The van der Waals surface area contributed by atoms with E-state index in [1.165, 1.54) is 12.8 Å². The van der Waals surface area contributed by atoms with Gasteiger partial charge in [0.05, 0.1) is 19.8 Å². The molecule has 0 unspecified atom stereocenters. The zero-order valence-electron chi connectivity index (χ0n) is 12.4. The predicted octanol–water partition coefficient (Wildman–Crippen LogP) is 0.592. The van der Waals surface area contributed by atoms with E-state index in [4.69, 9.17) is 9.47 Å². The average molecular weight is 282 g/mol. The van der Waals surface area contributed by atoms with Crippen LogP contribution in [0.25, 0.3) is 0 Å². The highest BCUT2D eigenvalue weighted by molar-refractivity contribution is 5.77. The number of amides is 1. The zero-order chi connectivity index (χ0) is 13.9. The van der Waals surface area contributed by atoms with Gasteiger partial charge in [-0.25, -0.2) is 0 Å². The summed E-state index contributed by atoms with van der Waals surface area (Å²) in [7, 11) is 0. The van der Waals surface area contributed by atoms with E-state index in [0.29, 0.717) is 12.0 Å². The minimum atomic E-state index is 0.160. The minimum Gasteiger partial charge on any atom is -0.379 e. The van der Waals surface area contributed by atoms with Gasteiger partial charge >= 0.3 is 0 Å². The number of ether oxygens (including phenoxy) is 2. The highest BCUT2D eigenvalue weighted by Crippen LogP contribution is 2.29. The normalized spacial score (nSPS) is 31.8. The zero-order valence-corrected chi connectivity index (χ0v) is 12.4. The summed E-state index contributed by atoms with van der Waals surface area (Å²) in [6, 6.07) is 0.492. The van der Waals surface area contributed by atoms with Gasteiger partial charge in [0.2, 0.25) is 5.91 Å². The maximum absolute atomic E-state index is 12.2. The van der Waals surface area contributed by atoms with Crippen molar-refractivity contribution in [3.05, 3.63) is 0 Å². The molecule has 0 aromatic rings. The van der Waals surface area contributed by atoms with Crippen LogP contribution in [0.15, 0.2) is 0 Å². The van der Waals surface area contributed by atoms with Crippen molar-refractivity contribution in [2.75, 3.05) is 52.6 Å². The van der Waals surface area contributed by atoms with Crippen LogP contribution in [0.2, 0.25) is 0 Å². The molecule has 5 heteroatoms. The van der Waals surface area contributed by atoms with E-state index in [1.807, 2.05) is 4.90 Å². The van der Waals surface area contributed by atoms with E-state index in [-0.39, 0.29) is 12.5 Å². The summed E-state index contributed by atoms with van der Waals surface area (Å²) >= 11 is 0. The molecule has 20 heavy (non-hydrogen) atoms. The van der Waals surface area contributed by atoms with E-state index in [1.54, 1.807) is 0 Å². The molecule has 1 aliphatic carbocycles. The third-order valence-electron chi connectivity index (χ3n) is 4.72. The Kier molecular flexibility index (Phi) is 4.58. The Hall–Kier alpha value is -0.650. The van der Waals surface area contributed by atoms with Crippen molar-refractivity contribution in [2.45, 2.75) is 25.8 Å². The molecule has 114 valence electrons.